The van der Waals surface area contributed by atoms with Crippen LogP contribution in [0.25, 0.3) is 0 Å². The molecule has 0 saturated heterocycles. The van der Waals surface area contributed by atoms with E-state index < -0.39 is 5.41 Å². The molecule has 1 N–H and O–H groups in total. The summed E-state index contributed by atoms with van der Waals surface area (Å²) in [6, 6.07) is 5.73. The lowest BCUT2D eigenvalue weighted by atomic mass is 9.83. The topological polar surface area (TPSA) is 50.8 Å². The number of benzene rings is 1. The van der Waals surface area contributed by atoms with Crippen LogP contribution in [-0.4, -0.2) is 51.2 Å². The highest BCUT2D eigenvalue weighted by molar-refractivity contribution is 5.87. The Bertz CT molecular complexity index is 527. The van der Waals surface area contributed by atoms with Crippen LogP contribution >= 0.6 is 0 Å². The molecule has 5 nitrogen and oxygen atoms in total. The van der Waals surface area contributed by atoms with Crippen LogP contribution in [0.4, 0.5) is 0 Å². The van der Waals surface area contributed by atoms with Crippen LogP contribution in [0.2, 0.25) is 0 Å². The summed E-state index contributed by atoms with van der Waals surface area (Å²) in [6.45, 7) is 6.63. The average molecular weight is 306 g/mol. The van der Waals surface area contributed by atoms with Gasteiger partial charge in [-0.1, -0.05) is 6.07 Å². The number of ether oxygens (including phenoxy) is 2. The molecule has 0 spiro atoms. The highest BCUT2D eigenvalue weighted by atomic mass is 16.6. The molecule has 0 fully saturated rings. The van der Waals surface area contributed by atoms with Crippen molar-refractivity contribution in [2.24, 2.45) is 0 Å². The lowest BCUT2D eigenvalue weighted by molar-refractivity contribution is -0.125. The predicted molar refractivity (Wildman–Crippen MR) is 86.6 cm³/mol. The van der Waals surface area contributed by atoms with Crippen LogP contribution < -0.4 is 14.8 Å². The number of nitrogens with one attached hydrogen (secondary N) is 1. The van der Waals surface area contributed by atoms with Crippen LogP contribution in [0.1, 0.15) is 25.8 Å². The largest absolute Gasteiger partial charge is 0.486 e. The highest BCUT2D eigenvalue weighted by Crippen LogP contribution is 2.35. The molecular formula is C17H26N2O3. The van der Waals surface area contributed by atoms with Crippen LogP contribution in [0, 0.1) is 0 Å². The van der Waals surface area contributed by atoms with E-state index in [0.29, 0.717) is 19.8 Å². The molecule has 1 amide bonds. The quantitative estimate of drug-likeness (QED) is 0.814. The van der Waals surface area contributed by atoms with Crippen LogP contribution in [0.5, 0.6) is 11.5 Å². The molecule has 1 aromatic carbocycles. The molecule has 2 rings (SSSR count). The predicted octanol–water partition coefficient (Wildman–Crippen LogP) is 1.80. The van der Waals surface area contributed by atoms with E-state index in [9.17, 15) is 4.79 Å². The first-order chi connectivity index (χ1) is 10.4. The standard InChI is InChI=1S/C17H26N2O3/c1-17(2,16(20)18-8-5-9-19(3)4)13-6-7-14-15(12-13)22-11-10-21-14/h6-7,12H,5,8-11H2,1-4H3,(H,18,20). The molecule has 1 heterocycles. The summed E-state index contributed by atoms with van der Waals surface area (Å²) in [4.78, 5) is 14.6. The SMILES string of the molecule is CN(C)CCCNC(=O)C(C)(C)c1ccc2c(c1)OCCO2. The van der Waals surface area contributed by atoms with E-state index in [1.165, 1.54) is 0 Å². The van der Waals surface area contributed by atoms with Crippen molar-refractivity contribution in [3.05, 3.63) is 23.8 Å². The van der Waals surface area contributed by atoms with Crippen molar-refractivity contribution in [1.29, 1.82) is 0 Å². The fourth-order valence-corrected chi connectivity index (χ4v) is 2.38. The first-order valence-corrected chi connectivity index (χ1v) is 7.74. The third-order valence-corrected chi connectivity index (χ3v) is 3.90. The van der Waals surface area contributed by atoms with Gasteiger partial charge in [0.2, 0.25) is 5.91 Å². The van der Waals surface area contributed by atoms with E-state index in [4.69, 9.17) is 9.47 Å². The second kappa shape index (κ2) is 7.01. The molecule has 22 heavy (non-hydrogen) atoms. The number of hydrogen-bond acceptors (Lipinski definition) is 4. The average Bonchev–Trinajstić information content (AvgIpc) is 2.50. The number of amides is 1. The minimum absolute atomic E-state index is 0.0305. The van der Waals surface area contributed by atoms with Crippen molar-refractivity contribution in [3.63, 3.8) is 0 Å². The van der Waals surface area contributed by atoms with Gasteiger partial charge in [-0.3, -0.25) is 4.79 Å². The Hall–Kier alpha value is -1.75. The number of carbonyl (C=O) groups excluding carboxylic acids is 1. The fourth-order valence-electron chi connectivity index (χ4n) is 2.38. The zero-order valence-corrected chi connectivity index (χ0v) is 13.9. The second-order valence-corrected chi connectivity index (χ2v) is 6.40. The Kier molecular flexibility index (Phi) is 5.29. The van der Waals surface area contributed by atoms with Gasteiger partial charge >= 0.3 is 0 Å². The fraction of sp³-hybridized carbons (Fsp3) is 0.588. The lowest BCUT2D eigenvalue weighted by Crippen LogP contribution is -2.41. The first-order valence-electron chi connectivity index (χ1n) is 7.74. The van der Waals surface area contributed by atoms with Crippen molar-refractivity contribution in [1.82, 2.24) is 10.2 Å². The third-order valence-electron chi connectivity index (χ3n) is 3.90. The molecule has 1 aliphatic heterocycles. The Morgan fingerprint density at radius 1 is 1.23 bits per heavy atom. The van der Waals surface area contributed by atoms with E-state index in [1.54, 1.807) is 0 Å². The van der Waals surface area contributed by atoms with Gasteiger partial charge in [-0.2, -0.15) is 0 Å². The van der Waals surface area contributed by atoms with Crippen molar-refractivity contribution in [2.75, 3.05) is 40.4 Å². The molecule has 0 unspecified atom stereocenters. The maximum Gasteiger partial charge on any atom is 0.230 e. The van der Waals surface area contributed by atoms with Gasteiger partial charge < -0.3 is 19.7 Å². The van der Waals surface area contributed by atoms with Gasteiger partial charge in [0.05, 0.1) is 5.41 Å². The molecule has 0 bridgehead atoms. The van der Waals surface area contributed by atoms with E-state index >= 15 is 0 Å². The molecule has 0 aliphatic carbocycles. The maximum absolute atomic E-state index is 12.5. The lowest BCUT2D eigenvalue weighted by Gasteiger charge is -2.26. The maximum atomic E-state index is 12.5. The van der Waals surface area contributed by atoms with Crippen molar-refractivity contribution < 1.29 is 14.3 Å². The van der Waals surface area contributed by atoms with Crippen molar-refractivity contribution >= 4 is 5.91 Å². The number of nitrogens with zero attached hydrogens (tertiary/aromatic N) is 1. The van der Waals surface area contributed by atoms with Gasteiger partial charge in [0, 0.05) is 6.54 Å². The number of carbonyl (C=O) groups is 1. The van der Waals surface area contributed by atoms with Crippen LogP contribution in [0.15, 0.2) is 18.2 Å². The summed E-state index contributed by atoms with van der Waals surface area (Å²) < 4.78 is 11.1. The summed E-state index contributed by atoms with van der Waals surface area (Å²) in [6.07, 6.45) is 0.940. The Morgan fingerprint density at radius 2 is 1.91 bits per heavy atom. The van der Waals surface area contributed by atoms with Gasteiger partial charge in [-0.15, -0.1) is 0 Å². The summed E-state index contributed by atoms with van der Waals surface area (Å²) in [5.41, 5.74) is 0.329. The van der Waals surface area contributed by atoms with E-state index in [0.717, 1.165) is 30.0 Å². The summed E-state index contributed by atoms with van der Waals surface area (Å²) in [7, 11) is 4.06. The zero-order valence-electron chi connectivity index (χ0n) is 13.9. The van der Waals surface area contributed by atoms with Gasteiger partial charge in [-0.05, 0) is 58.6 Å². The smallest absolute Gasteiger partial charge is 0.230 e. The van der Waals surface area contributed by atoms with Gasteiger partial charge in [-0.25, -0.2) is 0 Å². The Morgan fingerprint density at radius 3 is 2.59 bits per heavy atom. The van der Waals surface area contributed by atoms with Gasteiger partial charge in [0.1, 0.15) is 13.2 Å². The van der Waals surface area contributed by atoms with Gasteiger partial charge in [0.25, 0.3) is 0 Å². The first kappa shape index (κ1) is 16.6. The van der Waals surface area contributed by atoms with Crippen molar-refractivity contribution in [2.45, 2.75) is 25.7 Å². The Labute approximate surface area is 132 Å². The molecule has 0 saturated carbocycles. The minimum atomic E-state index is -0.603. The van der Waals surface area contributed by atoms with Gasteiger partial charge in [0.15, 0.2) is 11.5 Å². The van der Waals surface area contributed by atoms with E-state index in [2.05, 4.69) is 10.2 Å². The molecule has 0 atom stereocenters. The molecule has 5 heteroatoms. The monoisotopic (exact) mass is 306 g/mol. The summed E-state index contributed by atoms with van der Waals surface area (Å²) >= 11 is 0. The van der Waals surface area contributed by atoms with Crippen molar-refractivity contribution in [3.8, 4) is 11.5 Å². The van der Waals surface area contributed by atoms with Crippen LogP contribution in [-0.2, 0) is 10.2 Å². The zero-order chi connectivity index (χ0) is 16.2. The highest BCUT2D eigenvalue weighted by Gasteiger charge is 2.30. The Balaban J connectivity index is 2.01. The number of rotatable bonds is 6. The second-order valence-electron chi connectivity index (χ2n) is 6.40. The molecular weight excluding hydrogens is 280 g/mol. The molecule has 122 valence electrons. The number of fused-ring (bicyclic) bond motifs is 1. The van der Waals surface area contributed by atoms with E-state index in [-0.39, 0.29) is 5.91 Å². The van der Waals surface area contributed by atoms with E-state index in [1.807, 2.05) is 46.1 Å². The molecule has 1 aliphatic rings. The van der Waals surface area contributed by atoms with Crippen LogP contribution in [0.3, 0.4) is 0 Å². The summed E-state index contributed by atoms with van der Waals surface area (Å²) in [5.74, 6) is 1.50. The minimum Gasteiger partial charge on any atom is -0.486 e. The number of hydrogen-bond donors (Lipinski definition) is 1. The molecule has 0 radical (unpaired) electrons. The normalized spacial score (nSPS) is 14.0. The molecule has 0 aromatic heterocycles. The molecule has 1 aromatic rings. The summed E-state index contributed by atoms with van der Waals surface area (Å²) in [5, 5.41) is 3.02. The third kappa shape index (κ3) is 3.91.